The summed E-state index contributed by atoms with van der Waals surface area (Å²) in [5.41, 5.74) is 3.98. The van der Waals surface area contributed by atoms with E-state index >= 15 is 0 Å². The number of ether oxygens (including phenoxy) is 2. The van der Waals surface area contributed by atoms with E-state index in [-0.39, 0.29) is 24.2 Å². The van der Waals surface area contributed by atoms with Gasteiger partial charge in [-0.2, -0.15) is 0 Å². The van der Waals surface area contributed by atoms with Crippen molar-refractivity contribution in [1.82, 2.24) is 10.6 Å². The van der Waals surface area contributed by atoms with Crippen LogP contribution in [0.15, 0.2) is 36.4 Å². The van der Waals surface area contributed by atoms with Crippen molar-refractivity contribution in [3.63, 3.8) is 0 Å². The number of hydrogen-bond acceptors (Lipinski definition) is 6. The molecule has 4 N–H and O–H groups in total. The molecule has 9 heteroatoms. The van der Waals surface area contributed by atoms with E-state index in [0.717, 1.165) is 28.7 Å². The lowest BCUT2D eigenvalue weighted by Crippen LogP contribution is -2.55. The van der Waals surface area contributed by atoms with E-state index in [0.29, 0.717) is 30.8 Å². The van der Waals surface area contributed by atoms with Crippen LogP contribution in [0.5, 0.6) is 11.5 Å². The van der Waals surface area contributed by atoms with Crippen LogP contribution in [-0.4, -0.2) is 55.2 Å². The fourth-order valence-electron chi connectivity index (χ4n) is 5.09. The molecule has 0 saturated carbocycles. The van der Waals surface area contributed by atoms with Crippen LogP contribution in [0.25, 0.3) is 0 Å². The highest BCUT2D eigenvalue weighted by molar-refractivity contribution is 6.43. The number of nitrogens with one attached hydrogen (secondary N) is 2. The average molecular weight is 510 g/mol. The Bertz CT molecular complexity index is 1080. The van der Waals surface area contributed by atoms with Crippen molar-refractivity contribution in [3.8, 4) is 11.5 Å². The SMILES string of the molecule is COc1c(C)cc2c(c1OC)CC(C(=O)N[C@@H](Cc1ccccc1)C(=O)N[C@@H](CC(C)C)B(O)O)CC2. The largest absolute Gasteiger partial charge is 0.493 e. The molecule has 1 unspecified atom stereocenters. The van der Waals surface area contributed by atoms with Gasteiger partial charge in [0, 0.05) is 17.9 Å². The van der Waals surface area contributed by atoms with Crippen LogP contribution in [0.1, 0.15) is 48.9 Å². The second kappa shape index (κ2) is 13.0. The van der Waals surface area contributed by atoms with Crippen molar-refractivity contribution < 1.29 is 29.1 Å². The van der Waals surface area contributed by atoms with Gasteiger partial charge in [0.2, 0.25) is 11.8 Å². The predicted molar refractivity (Wildman–Crippen MR) is 143 cm³/mol. The molecule has 0 aliphatic heterocycles. The van der Waals surface area contributed by atoms with Gasteiger partial charge in [-0.15, -0.1) is 0 Å². The summed E-state index contributed by atoms with van der Waals surface area (Å²) < 4.78 is 11.2. The molecule has 2 aromatic carbocycles. The molecule has 2 amide bonds. The van der Waals surface area contributed by atoms with Gasteiger partial charge in [-0.3, -0.25) is 9.59 Å². The van der Waals surface area contributed by atoms with Crippen LogP contribution in [0, 0.1) is 18.8 Å². The smallest absolute Gasteiger partial charge is 0.475 e. The van der Waals surface area contributed by atoms with E-state index in [1.807, 2.05) is 51.1 Å². The summed E-state index contributed by atoms with van der Waals surface area (Å²) >= 11 is 0. The molecule has 200 valence electrons. The Hall–Kier alpha value is -3.04. The van der Waals surface area contributed by atoms with Crippen molar-refractivity contribution in [2.45, 2.75) is 64.9 Å². The summed E-state index contributed by atoms with van der Waals surface area (Å²) in [7, 11) is 1.51. The molecule has 3 atom stereocenters. The molecule has 0 saturated heterocycles. The van der Waals surface area contributed by atoms with Crippen molar-refractivity contribution in [2.24, 2.45) is 11.8 Å². The highest BCUT2D eigenvalue weighted by Gasteiger charge is 2.33. The second-order valence-corrected chi connectivity index (χ2v) is 10.2. The van der Waals surface area contributed by atoms with Gasteiger partial charge in [0.15, 0.2) is 11.5 Å². The number of aryl methyl sites for hydroxylation is 2. The van der Waals surface area contributed by atoms with Gasteiger partial charge in [0.05, 0.1) is 20.2 Å². The quantitative estimate of drug-likeness (QED) is 0.345. The molecular formula is C28H39BN2O6. The molecule has 37 heavy (non-hydrogen) atoms. The maximum atomic E-state index is 13.5. The summed E-state index contributed by atoms with van der Waals surface area (Å²) in [6, 6.07) is 10.7. The zero-order valence-electron chi connectivity index (χ0n) is 22.4. The molecule has 2 aromatic rings. The monoisotopic (exact) mass is 510 g/mol. The summed E-state index contributed by atoms with van der Waals surface area (Å²) in [4.78, 5) is 26.8. The maximum Gasteiger partial charge on any atom is 0.475 e. The predicted octanol–water partition coefficient (Wildman–Crippen LogP) is 2.39. The zero-order chi connectivity index (χ0) is 27.1. The molecule has 0 aromatic heterocycles. The summed E-state index contributed by atoms with van der Waals surface area (Å²) in [5, 5.41) is 25.3. The van der Waals surface area contributed by atoms with Crippen molar-refractivity contribution in [3.05, 3.63) is 58.7 Å². The van der Waals surface area contributed by atoms with Crippen LogP contribution in [0.4, 0.5) is 0 Å². The first-order valence-electron chi connectivity index (χ1n) is 12.9. The average Bonchev–Trinajstić information content (AvgIpc) is 2.86. The second-order valence-electron chi connectivity index (χ2n) is 10.2. The topological polar surface area (TPSA) is 117 Å². The molecule has 8 nitrogen and oxygen atoms in total. The minimum atomic E-state index is -1.69. The lowest BCUT2D eigenvalue weighted by molar-refractivity contribution is -0.131. The van der Waals surface area contributed by atoms with Gasteiger partial charge >= 0.3 is 7.12 Å². The highest BCUT2D eigenvalue weighted by atomic mass is 16.5. The molecule has 0 radical (unpaired) electrons. The third kappa shape index (κ3) is 7.26. The molecular weight excluding hydrogens is 471 g/mol. The van der Waals surface area contributed by atoms with E-state index in [1.165, 1.54) is 0 Å². The number of amides is 2. The van der Waals surface area contributed by atoms with Gasteiger partial charge in [-0.25, -0.2) is 0 Å². The minimum absolute atomic E-state index is 0.146. The van der Waals surface area contributed by atoms with E-state index in [1.54, 1.807) is 14.2 Å². The van der Waals surface area contributed by atoms with Crippen molar-refractivity contribution in [1.29, 1.82) is 0 Å². The van der Waals surface area contributed by atoms with Gasteiger partial charge in [0.1, 0.15) is 6.04 Å². The lowest BCUT2D eigenvalue weighted by Gasteiger charge is -2.29. The van der Waals surface area contributed by atoms with Crippen LogP contribution in [0.2, 0.25) is 0 Å². The third-order valence-corrected chi connectivity index (χ3v) is 6.94. The lowest BCUT2D eigenvalue weighted by atomic mass is 9.75. The molecule has 0 heterocycles. The van der Waals surface area contributed by atoms with Gasteiger partial charge < -0.3 is 30.2 Å². The van der Waals surface area contributed by atoms with E-state index in [2.05, 4.69) is 16.7 Å². The Labute approximate surface area is 219 Å². The van der Waals surface area contributed by atoms with E-state index in [4.69, 9.17) is 9.47 Å². The fraction of sp³-hybridized carbons (Fsp3) is 0.500. The Morgan fingerprint density at radius 1 is 1.08 bits per heavy atom. The molecule has 0 spiro atoms. The first-order chi connectivity index (χ1) is 17.6. The van der Waals surface area contributed by atoms with E-state index < -0.39 is 25.0 Å². The third-order valence-electron chi connectivity index (χ3n) is 6.94. The van der Waals surface area contributed by atoms with Crippen LogP contribution < -0.4 is 20.1 Å². The summed E-state index contributed by atoms with van der Waals surface area (Å²) in [6.07, 6.45) is 2.53. The first kappa shape index (κ1) is 28.5. The van der Waals surface area contributed by atoms with Gasteiger partial charge in [-0.05, 0) is 55.2 Å². The van der Waals surface area contributed by atoms with Gasteiger partial charge in [0.25, 0.3) is 0 Å². The summed E-state index contributed by atoms with van der Waals surface area (Å²) in [6.45, 7) is 5.86. The number of hydrogen-bond donors (Lipinski definition) is 4. The number of benzene rings is 2. The molecule has 1 aliphatic carbocycles. The first-order valence-corrected chi connectivity index (χ1v) is 12.9. The number of carbonyl (C=O) groups is 2. The van der Waals surface area contributed by atoms with Crippen molar-refractivity contribution in [2.75, 3.05) is 14.2 Å². The van der Waals surface area contributed by atoms with Gasteiger partial charge in [-0.1, -0.05) is 50.2 Å². The Balaban J connectivity index is 1.81. The van der Waals surface area contributed by atoms with Crippen LogP contribution >= 0.6 is 0 Å². The molecule has 0 bridgehead atoms. The summed E-state index contributed by atoms with van der Waals surface area (Å²) in [5.74, 6) is -0.356. The number of carbonyl (C=O) groups excluding carboxylic acids is 2. The normalized spacial score (nSPS) is 16.4. The Morgan fingerprint density at radius 2 is 1.76 bits per heavy atom. The number of methoxy groups -OCH3 is 2. The number of fused-ring (bicyclic) bond motifs is 1. The molecule has 3 rings (SSSR count). The van der Waals surface area contributed by atoms with Crippen LogP contribution in [0.3, 0.4) is 0 Å². The Kier molecular flexibility index (Phi) is 10.0. The zero-order valence-corrected chi connectivity index (χ0v) is 22.4. The minimum Gasteiger partial charge on any atom is -0.493 e. The standard InChI is InChI=1S/C28H39BN2O6/c1-17(2)13-24(29(34)35)31-28(33)23(15-19-9-7-6-8-10-19)30-27(32)21-12-11-20-14-18(3)25(36-4)26(37-5)22(20)16-21/h6-10,14,17,21,23-24,34-35H,11-13,15-16H2,1-5H3,(H,30,32)(H,31,33)/t21?,23-,24-/m0/s1. The Morgan fingerprint density at radius 3 is 2.35 bits per heavy atom. The van der Waals surface area contributed by atoms with Crippen molar-refractivity contribution >= 4 is 18.9 Å². The molecule has 0 fully saturated rings. The van der Waals surface area contributed by atoms with Crippen LogP contribution in [-0.2, 0) is 28.9 Å². The maximum absolute atomic E-state index is 13.5. The highest BCUT2D eigenvalue weighted by Crippen LogP contribution is 2.41. The van der Waals surface area contributed by atoms with E-state index in [9.17, 15) is 19.6 Å². The fourth-order valence-corrected chi connectivity index (χ4v) is 5.09. The number of rotatable bonds is 11. The molecule has 1 aliphatic rings.